The fourth-order valence-corrected chi connectivity index (χ4v) is 9.74. The van der Waals surface area contributed by atoms with Crippen molar-refractivity contribution >= 4 is 60.7 Å². The van der Waals surface area contributed by atoms with E-state index >= 15 is 0 Å². The summed E-state index contributed by atoms with van der Waals surface area (Å²) in [5, 5.41) is 15.9. The van der Waals surface area contributed by atoms with E-state index in [9.17, 15) is 5.26 Å². The zero-order valence-electron chi connectivity index (χ0n) is 35.2. The first-order valence-corrected chi connectivity index (χ1v) is 21.8. The highest BCUT2D eigenvalue weighted by atomic mass is 16.5. The lowest BCUT2D eigenvalue weighted by molar-refractivity contribution is 0.477. The van der Waals surface area contributed by atoms with Gasteiger partial charge in [-0.05, 0) is 72.8 Å². The van der Waals surface area contributed by atoms with Crippen LogP contribution in [0.25, 0.3) is 89.2 Å². The minimum atomic E-state index is 0.430. The Kier molecular flexibility index (Phi) is 8.41. The van der Waals surface area contributed by atoms with Gasteiger partial charge in [-0.1, -0.05) is 140 Å². The molecule has 1 aliphatic rings. The van der Waals surface area contributed by atoms with Gasteiger partial charge < -0.3 is 18.8 Å². The maximum atomic E-state index is 11.4. The molecule has 0 bridgehead atoms. The molecule has 308 valence electrons. The Morgan fingerprint density at radius 2 is 0.864 bits per heavy atom. The number of nitrogens with zero attached hydrogens (tertiary/aromatic N) is 7. The summed E-state index contributed by atoms with van der Waals surface area (Å²) in [6, 6.07) is 74.8. The van der Waals surface area contributed by atoms with Crippen molar-refractivity contribution in [2.45, 2.75) is 0 Å². The predicted molar refractivity (Wildman–Crippen MR) is 264 cm³/mol. The maximum Gasteiger partial charge on any atom is 0.166 e. The van der Waals surface area contributed by atoms with Crippen LogP contribution in [0.4, 0.5) is 17.1 Å². The summed E-state index contributed by atoms with van der Waals surface area (Å²) in [7, 11) is 0. The molecule has 0 N–H and O–H groups in total. The van der Waals surface area contributed by atoms with Crippen LogP contribution < -0.4 is 9.64 Å². The largest absolute Gasteiger partial charge is 0.453 e. The molecule has 1 aliphatic heterocycles. The number of hydrogen-bond acceptors (Lipinski definition) is 6. The Labute approximate surface area is 379 Å². The van der Waals surface area contributed by atoms with Gasteiger partial charge in [-0.15, -0.1) is 0 Å². The van der Waals surface area contributed by atoms with Crippen molar-refractivity contribution in [3.63, 3.8) is 0 Å². The molecule has 0 spiro atoms. The monoisotopic (exact) mass is 845 g/mol. The van der Waals surface area contributed by atoms with Crippen LogP contribution in [0.5, 0.6) is 11.5 Å². The number of para-hydroxylation sites is 7. The van der Waals surface area contributed by atoms with E-state index in [1.807, 2.05) is 103 Å². The lowest BCUT2D eigenvalue weighted by atomic mass is 10.0. The summed E-state index contributed by atoms with van der Waals surface area (Å²) < 4.78 is 11.2. The standard InChI is InChI=1S/C58H35N7O/c59-36-39-34-43(58-61-56(37-18-4-1-5-19-37)60-57(62-58)38-20-6-2-7-21-38)51(65-46-28-14-16-30-52(46)66-53-31-17-15-29-47(53)65)35-50(39)64-45-27-13-11-25-42(45)55-49(64)33-32-48-54(55)41-24-10-12-26-44(41)63(48)40-22-8-3-9-23-40/h1-35H. The van der Waals surface area contributed by atoms with Crippen LogP contribution in [-0.2, 0) is 0 Å². The third kappa shape index (κ3) is 5.74. The fraction of sp³-hybridized carbons (Fsp3) is 0. The number of nitriles is 1. The fourth-order valence-electron chi connectivity index (χ4n) is 9.74. The van der Waals surface area contributed by atoms with E-state index in [0.29, 0.717) is 40.1 Å². The normalized spacial score (nSPS) is 12.0. The highest BCUT2D eigenvalue weighted by molar-refractivity contribution is 6.29. The molecule has 0 radical (unpaired) electrons. The number of benzene rings is 9. The molecule has 0 unspecified atom stereocenters. The van der Waals surface area contributed by atoms with Crippen molar-refractivity contribution in [2.24, 2.45) is 0 Å². The summed E-state index contributed by atoms with van der Waals surface area (Å²) in [5.41, 5.74) is 11.3. The second-order valence-corrected chi connectivity index (χ2v) is 16.3. The number of ether oxygens (including phenoxy) is 1. The molecule has 12 aromatic rings. The first kappa shape index (κ1) is 37.3. The zero-order chi connectivity index (χ0) is 43.7. The van der Waals surface area contributed by atoms with Crippen molar-refractivity contribution in [2.75, 3.05) is 4.90 Å². The van der Waals surface area contributed by atoms with E-state index in [4.69, 9.17) is 19.7 Å². The molecule has 0 aliphatic carbocycles. The Morgan fingerprint density at radius 3 is 1.44 bits per heavy atom. The minimum absolute atomic E-state index is 0.430. The minimum Gasteiger partial charge on any atom is -0.453 e. The van der Waals surface area contributed by atoms with Gasteiger partial charge in [0, 0.05) is 43.9 Å². The molecule has 66 heavy (non-hydrogen) atoms. The Hall–Kier alpha value is -9.32. The van der Waals surface area contributed by atoms with Gasteiger partial charge in [0.1, 0.15) is 6.07 Å². The summed E-state index contributed by atoms with van der Waals surface area (Å²) in [5.74, 6) is 2.88. The van der Waals surface area contributed by atoms with E-state index < -0.39 is 0 Å². The molecule has 8 nitrogen and oxygen atoms in total. The number of aromatic nitrogens is 5. The molecule has 0 atom stereocenters. The summed E-state index contributed by atoms with van der Waals surface area (Å²) in [4.78, 5) is 17.7. The van der Waals surface area contributed by atoms with Gasteiger partial charge >= 0.3 is 0 Å². The number of hydrogen-bond donors (Lipinski definition) is 0. The van der Waals surface area contributed by atoms with Gasteiger partial charge in [-0.3, -0.25) is 0 Å². The molecule has 0 saturated carbocycles. The summed E-state index contributed by atoms with van der Waals surface area (Å²) in [6.07, 6.45) is 0. The third-order valence-corrected chi connectivity index (χ3v) is 12.6. The lowest BCUT2D eigenvalue weighted by Gasteiger charge is -2.34. The average Bonchev–Trinajstić information content (AvgIpc) is 3.91. The van der Waals surface area contributed by atoms with Crippen LogP contribution in [0, 0.1) is 11.3 Å². The Morgan fingerprint density at radius 1 is 0.394 bits per heavy atom. The first-order valence-electron chi connectivity index (χ1n) is 21.8. The van der Waals surface area contributed by atoms with E-state index in [2.05, 4.69) is 129 Å². The third-order valence-electron chi connectivity index (χ3n) is 12.6. The van der Waals surface area contributed by atoms with Gasteiger partial charge in [0.25, 0.3) is 0 Å². The second-order valence-electron chi connectivity index (χ2n) is 16.3. The second kappa shape index (κ2) is 14.9. The molecule has 13 rings (SSSR count). The van der Waals surface area contributed by atoms with E-state index in [1.165, 1.54) is 0 Å². The van der Waals surface area contributed by atoms with Crippen molar-refractivity contribution in [3.05, 3.63) is 218 Å². The Bertz CT molecular complexity index is 3820. The summed E-state index contributed by atoms with van der Waals surface area (Å²) in [6.45, 7) is 0. The molecule has 0 amide bonds. The van der Waals surface area contributed by atoms with Crippen molar-refractivity contribution < 1.29 is 4.74 Å². The van der Waals surface area contributed by atoms with Crippen LogP contribution in [0.3, 0.4) is 0 Å². The van der Waals surface area contributed by atoms with Crippen molar-refractivity contribution in [1.82, 2.24) is 24.1 Å². The van der Waals surface area contributed by atoms with Gasteiger partial charge in [0.15, 0.2) is 29.0 Å². The van der Waals surface area contributed by atoms with Crippen LogP contribution in [0.1, 0.15) is 5.56 Å². The molecular formula is C58H35N7O. The van der Waals surface area contributed by atoms with E-state index in [1.54, 1.807) is 0 Å². The smallest absolute Gasteiger partial charge is 0.166 e. The van der Waals surface area contributed by atoms with Crippen LogP contribution >= 0.6 is 0 Å². The molecule has 9 aromatic carbocycles. The first-order chi connectivity index (χ1) is 32.7. The Balaban J connectivity index is 1.15. The SMILES string of the molecule is N#Cc1cc(-c2nc(-c3ccccc3)nc(-c3ccccc3)n2)c(N2c3ccccc3Oc3ccccc32)cc1-n1c2ccccc2c2c3c4ccccc4n(-c4ccccc4)c3ccc21. The van der Waals surface area contributed by atoms with Gasteiger partial charge in [0.05, 0.1) is 50.4 Å². The zero-order valence-corrected chi connectivity index (χ0v) is 35.2. The van der Waals surface area contributed by atoms with Crippen LogP contribution in [0.2, 0.25) is 0 Å². The van der Waals surface area contributed by atoms with Gasteiger partial charge in [0.2, 0.25) is 0 Å². The average molecular weight is 846 g/mol. The highest BCUT2D eigenvalue weighted by Crippen LogP contribution is 2.53. The molecule has 4 heterocycles. The number of rotatable bonds is 6. The van der Waals surface area contributed by atoms with Crippen molar-refractivity contribution in [1.29, 1.82) is 5.26 Å². The molecule has 0 saturated heterocycles. The predicted octanol–water partition coefficient (Wildman–Crippen LogP) is 14.5. The highest BCUT2D eigenvalue weighted by Gasteiger charge is 2.31. The molecule has 3 aromatic heterocycles. The quantitative estimate of drug-likeness (QED) is 0.166. The molecular weight excluding hydrogens is 811 g/mol. The molecule has 8 heteroatoms. The maximum absolute atomic E-state index is 11.4. The number of anilines is 3. The van der Waals surface area contributed by atoms with E-state index in [0.717, 1.165) is 83.2 Å². The number of fused-ring (bicyclic) bond motifs is 9. The van der Waals surface area contributed by atoms with Gasteiger partial charge in [-0.25, -0.2) is 15.0 Å². The van der Waals surface area contributed by atoms with Gasteiger partial charge in [-0.2, -0.15) is 5.26 Å². The topological polar surface area (TPSA) is 84.8 Å². The van der Waals surface area contributed by atoms with Crippen LogP contribution in [-0.4, -0.2) is 24.1 Å². The lowest BCUT2D eigenvalue weighted by Crippen LogP contribution is -2.17. The molecule has 0 fully saturated rings. The van der Waals surface area contributed by atoms with Crippen LogP contribution in [0.15, 0.2) is 212 Å². The van der Waals surface area contributed by atoms with E-state index in [-0.39, 0.29) is 0 Å². The summed E-state index contributed by atoms with van der Waals surface area (Å²) >= 11 is 0. The van der Waals surface area contributed by atoms with Crippen molar-refractivity contribution in [3.8, 4) is 63.1 Å².